The van der Waals surface area contributed by atoms with Gasteiger partial charge in [-0.2, -0.15) is 0 Å². The molecule has 7 nitrogen and oxygen atoms in total. The van der Waals surface area contributed by atoms with E-state index in [2.05, 4.69) is 4.98 Å². The first-order valence-electron chi connectivity index (χ1n) is 5.28. The first-order valence-corrected chi connectivity index (χ1v) is 5.66. The zero-order valence-corrected chi connectivity index (χ0v) is 10.6. The highest BCUT2D eigenvalue weighted by Gasteiger charge is 2.11. The maximum Gasteiger partial charge on any atom is 0.337 e. The quantitative estimate of drug-likeness (QED) is 0.686. The van der Waals surface area contributed by atoms with Crippen molar-refractivity contribution in [1.29, 1.82) is 0 Å². The van der Waals surface area contributed by atoms with Gasteiger partial charge in [-0.25, -0.2) is 9.78 Å². The lowest BCUT2D eigenvalue weighted by Gasteiger charge is -2.06. The minimum atomic E-state index is -1.10. The lowest BCUT2D eigenvalue weighted by molar-refractivity contribution is -0.384. The normalized spacial score (nSPS) is 10.1. The number of ether oxygens (including phenoxy) is 1. The summed E-state index contributed by atoms with van der Waals surface area (Å²) in [4.78, 5) is 24.4. The monoisotopic (exact) mass is 294 g/mol. The Bertz CT molecular complexity index is 672. The summed E-state index contributed by atoms with van der Waals surface area (Å²) in [6, 6.07) is 6.42. The Morgan fingerprint density at radius 1 is 1.35 bits per heavy atom. The molecule has 0 spiro atoms. The van der Waals surface area contributed by atoms with Crippen LogP contribution in [0.25, 0.3) is 0 Å². The second-order valence-electron chi connectivity index (χ2n) is 3.66. The summed E-state index contributed by atoms with van der Waals surface area (Å²) in [5.41, 5.74) is -0.135. The van der Waals surface area contributed by atoms with Crippen molar-refractivity contribution in [2.45, 2.75) is 0 Å². The Morgan fingerprint density at radius 3 is 2.60 bits per heavy atom. The number of benzene rings is 1. The highest BCUT2D eigenvalue weighted by Crippen LogP contribution is 2.31. The van der Waals surface area contributed by atoms with Crippen molar-refractivity contribution in [1.82, 2.24) is 4.98 Å². The van der Waals surface area contributed by atoms with Crippen LogP contribution in [-0.2, 0) is 0 Å². The van der Waals surface area contributed by atoms with Crippen LogP contribution in [0.3, 0.4) is 0 Å². The summed E-state index contributed by atoms with van der Waals surface area (Å²) < 4.78 is 5.32. The number of pyridine rings is 1. The van der Waals surface area contributed by atoms with Gasteiger partial charge >= 0.3 is 5.97 Å². The van der Waals surface area contributed by atoms with Gasteiger partial charge < -0.3 is 9.84 Å². The molecule has 1 aromatic carbocycles. The number of non-ortho nitro benzene ring substituents is 1. The van der Waals surface area contributed by atoms with E-state index in [0.29, 0.717) is 0 Å². The number of nitro benzene ring substituents is 1. The van der Waals surface area contributed by atoms with Crippen molar-refractivity contribution < 1.29 is 19.6 Å². The van der Waals surface area contributed by atoms with E-state index in [-0.39, 0.29) is 27.9 Å². The van der Waals surface area contributed by atoms with Crippen molar-refractivity contribution in [3.05, 3.63) is 57.2 Å². The number of nitrogens with zero attached hydrogens (tertiary/aromatic N) is 2. The van der Waals surface area contributed by atoms with E-state index < -0.39 is 10.9 Å². The largest absolute Gasteiger partial charge is 0.478 e. The van der Waals surface area contributed by atoms with E-state index in [9.17, 15) is 14.9 Å². The van der Waals surface area contributed by atoms with Crippen molar-refractivity contribution in [3.8, 4) is 11.6 Å². The Labute approximate surface area is 117 Å². The number of rotatable bonds is 4. The third-order valence-corrected chi connectivity index (χ3v) is 2.62. The average Bonchev–Trinajstić information content (AvgIpc) is 2.41. The third-order valence-electron chi connectivity index (χ3n) is 2.32. The molecular formula is C12H7ClN2O5. The molecule has 0 unspecified atom stereocenters. The van der Waals surface area contributed by atoms with Crippen molar-refractivity contribution >= 4 is 23.3 Å². The number of aromatic carboxylic acids is 1. The molecule has 0 saturated carbocycles. The van der Waals surface area contributed by atoms with Gasteiger partial charge in [0.25, 0.3) is 5.69 Å². The fourth-order valence-electron chi connectivity index (χ4n) is 1.37. The van der Waals surface area contributed by atoms with Gasteiger partial charge in [-0.1, -0.05) is 11.6 Å². The summed E-state index contributed by atoms with van der Waals surface area (Å²) in [6.07, 6.45) is 1.14. The Hall–Kier alpha value is -2.67. The molecule has 0 fully saturated rings. The zero-order valence-electron chi connectivity index (χ0n) is 9.82. The predicted molar refractivity (Wildman–Crippen MR) is 69.4 cm³/mol. The summed E-state index contributed by atoms with van der Waals surface area (Å²) >= 11 is 5.85. The second-order valence-corrected chi connectivity index (χ2v) is 4.07. The summed E-state index contributed by atoms with van der Waals surface area (Å²) in [6.45, 7) is 0. The molecule has 2 rings (SSSR count). The Balaban J connectivity index is 2.21. The molecule has 1 N–H and O–H groups in total. The molecule has 0 saturated heterocycles. The Kier molecular flexibility index (Phi) is 3.81. The standard InChI is InChI=1S/C12H7ClN2O5/c13-9-5-8(15(18)19)2-3-10(9)20-11-4-1-7(6-14-11)12(16)17/h1-6H,(H,16,17). The second kappa shape index (κ2) is 5.54. The van der Waals surface area contributed by atoms with Crippen LogP contribution in [0, 0.1) is 10.1 Å². The number of hydrogen-bond donors (Lipinski definition) is 1. The molecule has 0 bridgehead atoms. The molecule has 1 heterocycles. The first-order chi connectivity index (χ1) is 9.47. The van der Waals surface area contributed by atoms with Gasteiger partial charge in [0.2, 0.25) is 5.88 Å². The summed E-state index contributed by atoms with van der Waals surface area (Å²) in [7, 11) is 0. The minimum absolute atomic E-state index is 0.0205. The number of nitro groups is 1. The molecule has 0 aliphatic carbocycles. The maximum atomic E-state index is 10.7. The lowest BCUT2D eigenvalue weighted by Crippen LogP contribution is -1.97. The average molecular weight is 295 g/mol. The van der Waals surface area contributed by atoms with Gasteiger partial charge in [-0.05, 0) is 12.1 Å². The molecular weight excluding hydrogens is 288 g/mol. The molecule has 2 aromatic rings. The van der Waals surface area contributed by atoms with Gasteiger partial charge in [-0.15, -0.1) is 0 Å². The molecule has 0 aliphatic heterocycles. The highest BCUT2D eigenvalue weighted by molar-refractivity contribution is 6.32. The van der Waals surface area contributed by atoms with Gasteiger partial charge in [0.05, 0.1) is 15.5 Å². The third kappa shape index (κ3) is 3.01. The zero-order chi connectivity index (χ0) is 14.7. The smallest absolute Gasteiger partial charge is 0.337 e. The van der Waals surface area contributed by atoms with Crippen molar-refractivity contribution in [2.24, 2.45) is 0 Å². The van der Waals surface area contributed by atoms with Crippen LogP contribution in [0.15, 0.2) is 36.5 Å². The van der Waals surface area contributed by atoms with Crippen LogP contribution in [-0.4, -0.2) is 21.0 Å². The van der Waals surface area contributed by atoms with Crippen LogP contribution < -0.4 is 4.74 Å². The van der Waals surface area contributed by atoms with E-state index in [4.69, 9.17) is 21.4 Å². The first kappa shape index (κ1) is 13.8. The van der Waals surface area contributed by atoms with Crippen LogP contribution in [0.1, 0.15) is 10.4 Å². The fourth-order valence-corrected chi connectivity index (χ4v) is 1.58. The lowest BCUT2D eigenvalue weighted by atomic mass is 10.3. The van der Waals surface area contributed by atoms with E-state index in [1.807, 2.05) is 0 Å². The molecule has 0 radical (unpaired) electrons. The van der Waals surface area contributed by atoms with Crippen molar-refractivity contribution in [3.63, 3.8) is 0 Å². The van der Waals surface area contributed by atoms with E-state index in [1.54, 1.807) is 0 Å². The number of halogens is 1. The molecule has 0 amide bonds. The van der Waals surface area contributed by atoms with Gasteiger partial charge in [-0.3, -0.25) is 10.1 Å². The Morgan fingerprint density at radius 2 is 2.10 bits per heavy atom. The van der Waals surface area contributed by atoms with Gasteiger partial charge in [0.15, 0.2) is 0 Å². The molecule has 8 heteroatoms. The minimum Gasteiger partial charge on any atom is -0.478 e. The number of carboxylic acid groups (broad SMARTS) is 1. The van der Waals surface area contributed by atoms with Gasteiger partial charge in [0, 0.05) is 24.4 Å². The fraction of sp³-hybridized carbons (Fsp3) is 0. The summed E-state index contributed by atoms with van der Waals surface area (Å²) in [5, 5.41) is 19.3. The van der Waals surface area contributed by atoms with Crippen molar-refractivity contribution in [2.75, 3.05) is 0 Å². The number of carboxylic acids is 1. The number of hydrogen-bond acceptors (Lipinski definition) is 5. The molecule has 0 atom stereocenters. The van der Waals surface area contributed by atoms with E-state index >= 15 is 0 Å². The predicted octanol–water partition coefficient (Wildman–Crippen LogP) is 3.13. The van der Waals surface area contributed by atoms with E-state index in [0.717, 1.165) is 12.3 Å². The van der Waals surface area contributed by atoms with Crippen LogP contribution >= 0.6 is 11.6 Å². The maximum absolute atomic E-state index is 10.7. The SMILES string of the molecule is O=C(O)c1ccc(Oc2ccc([N+](=O)[O-])cc2Cl)nc1. The number of aromatic nitrogens is 1. The van der Waals surface area contributed by atoms with Crippen LogP contribution in [0.2, 0.25) is 5.02 Å². The number of carbonyl (C=O) groups is 1. The molecule has 0 aliphatic rings. The topological polar surface area (TPSA) is 103 Å². The molecule has 20 heavy (non-hydrogen) atoms. The highest BCUT2D eigenvalue weighted by atomic mass is 35.5. The molecule has 102 valence electrons. The summed E-state index contributed by atoms with van der Waals surface area (Å²) in [5.74, 6) is -0.781. The van der Waals surface area contributed by atoms with Crippen LogP contribution in [0.4, 0.5) is 5.69 Å². The van der Waals surface area contributed by atoms with E-state index in [1.165, 1.54) is 24.3 Å². The van der Waals surface area contributed by atoms with Gasteiger partial charge in [0.1, 0.15) is 5.75 Å². The van der Waals surface area contributed by atoms with Crippen LogP contribution in [0.5, 0.6) is 11.6 Å². The molecule has 1 aromatic heterocycles.